The number of nitro benzene ring substituents is 1. The van der Waals surface area contributed by atoms with E-state index >= 15 is 0 Å². The summed E-state index contributed by atoms with van der Waals surface area (Å²) >= 11 is 1.44. The normalized spacial score (nSPS) is 18.3. The second-order valence-corrected chi connectivity index (χ2v) is 8.94. The number of allylic oxidation sites excluding steroid dienone is 2. The number of nitro groups is 1. The van der Waals surface area contributed by atoms with Crippen molar-refractivity contribution in [1.82, 2.24) is 9.97 Å². The maximum absolute atomic E-state index is 13.0. The van der Waals surface area contributed by atoms with E-state index in [2.05, 4.69) is 15.3 Å². The smallest absolute Gasteiger partial charge is 0.269 e. The Labute approximate surface area is 171 Å². The lowest BCUT2D eigenvalue weighted by atomic mass is 9.76. The maximum atomic E-state index is 13.0. The number of nitrogens with one attached hydrogen (secondary N) is 2. The first-order valence-corrected chi connectivity index (χ1v) is 10.3. The number of anilines is 1. The van der Waals surface area contributed by atoms with Crippen molar-refractivity contribution in [2.45, 2.75) is 49.4 Å². The van der Waals surface area contributed by atoms with Crippen LogP contribution in [0, 0.1) is 10.1 Å². The number of rotatable bonds is 4. The molecule has 29 heavy (non-hydrogen) atoms. The van der Waals surface area contributed by atoms with Crippen molar-refractivity contribution in [3.63, 3.8) is 0 Å². The molecule has 1 aromatic heterocycles. The number of hydrogen-bond acceptors (Lipinski definition) is 7. The zero-order valence-electron chi connectivity index (χ0n) is 16.0. The van der Waals surface area contributed by atoms with Crippen LogP contribution >= 0.6 is 11.8 Å². The zero-order chi connectivity index (χ0) is 20.7. The largest absolute Gasteiger partial charge is 0.343 e. The third-order valence-corrected chi connectivity index (χ3v) is 5.89. The number of ketones is 1. The molecule has 2 N–H and O–H groups in total. The van der Waals surface area contributed by atoms with Crippen molar-refractivity contribution in [1.29, 1.82) is 0 Å². The van der Waals surface area contributed by atoms with Crippen LogP contribution in [0.1, 0.15) is 50.2 Å². The van der Waals surface area contributed by atoms with Gasteiger partial charge in [-0.05, 0) is 18.4 Å². The van der Waals surface area contributed by atoms with Gasteiger partial charge in [0.1, 0.15) is 5.82 Å². The Kier molecular flexibility index (Phi) is 4.99. The number of nitrogens with zero attached hydrogens (tertiary/aromatic N) is 2. The molecule has 2 aromatic rings. The van der Waals surface area contributed by atoms with Gasteiger partial charge in [-0.3, -0.25) is 19.7 Å². The van der Waals surface area contributed by atoms with Crippen LogP contribution in [-0.2, 0) is 4.79 Å². The standard InChI is InChI=1S/C20H20N4O4S/c1-10(2)29-20-22-18-17(19(26)23-20)15(11-5-3-6-12(9-11)24(27)28)16-13(21-18)7-4-8-14(16)25/h3,5-6,9-10,15H,4,7-8H2,1-2H3,(H2,21,22,23,26)/t15-/m1/s1. The van der Waals surface area contributed by atoms with Gasteiger partial charge in [-0.1, -0.05) is 37.7 Å². The van der Waals surface area contributed by atoms with Crippen molar-refractivity contribution in [3.8, 4) is 0 Å². The number of carbonyl (C=O) groups is 1. The van der Waals surface area contributed by atoms with Crippen LogP contribution in [0.15, 0.2) is 45.5 Å². The van der Waals surface area contributed by atoms with Crippen LogP contribution < -0.4 is 10.9 Å². The quantitative estimate of drug-likeness (QED) is 0.340. The second kappa shape index (κ2) is 7.47. The van der Waals surface area contributed by atoms with Gasteiger partial charge < -0.3 is 10.3 Å². The van der Waals surface area contributed by atoms with Gasteiger partial charge in [-0.2, -0.15) is 0 Å². The van der Waals surface area contributed by atoms with E-state index in [1.165, 1.54) is 23.9 Å². The first-order valence-electron chi connectivity index (χ1n) is 9.43. The molecule has 0 saturated carbocycles. The summed E-state index contributed by atoms with van der Waals surface area (Å²) in [6, 6.07) is 6.12. The first-order chi connectivity index (χ1) is 13.8. The number of hydrogen-bond donors (Lipinski definition) is 2. The third-order valence-electron chi connectivity index (χ3n) is 5.00. The fourth-order valence-corrected chi connectivity index (χ4v) is 4.61. The highest BCUT2D eigenvalue weighted by atomic mass is 32.2. The van der Waals surface area contributed by atoms with Crippen LogP contribution in [0.3, 0.4) is 0 Å². The minimum atomic E-state index is -0.678. The molecule has 8 nitrogen and oxygen atoms in total. The van der Waals surface area contributed by atoms with Crippen molar-refractivity contribution in [2.24, 2.45) is 0 Å². The zero-order valence-corrected chi connectivity index (χ0v) is 16.8. The summed E-state index contributed by atoms with van der Waals surface area (Å²) < 4.78 is 0. The van der Waals surface area contributed by atoms with E-state index in [1.54, 1.807) is 12.1 Å². The molecule has 1 aliphatic carbocycles. The molecule has 0 bridgehead atoms. The highest BCUT2D eigenvalue weighted by Gasteiger charge is 2.38. The molecule has 0 saturated heterocycles. The molecule has 0 radical (unpaired) electrons. The van der Waals surface area contributed by atoms with Crippen molar-refractivity contribution >= 4 is 29.1 Å². The topological polar surface area (TPSA) is 118 Å². The summed E-state index contributed by atoms with van der Waals surface area (Å²) in [6.07, 6.45) is 1.79. The molecule has 2 heterocycles. The maximum Gasteiger partial charge on any atom is 0.269 e. The van der Waals surface area contributed by atoms with Crippen LogP contribution in [-0.4, -0.2) is 25.9 Å². The van der Waals surface area contributed by atoms with Gasteiger partial charge in [0.05, 0.1) is 10.5 Å². The Morgan fingerprint density at radius 2 is 2.07 bits per heavy atom. The number of carbonyl (C=O) groups excluding carboxylic acids is 1. The van der Waals surface area contributed by atoms with E-state index in [9.17, 15) is 19.7 Å². The summed E-state index contributed by atoms with van der Waals surface area (Å²) in [4.78, 5) is 44.0. The summed E-state index contributed by atoms with van der Waals surface area (Å²) in [5.74, 6) is -0.300. The van der Waals surface area contributed by atoms with Crippen LogP contribution in [0.25, 0.3) is 0 Å². The monoisotopic (exact) mass is 412 g/mol. The summed E-state index contributed by atoms with van der Waals surface area (Å²) in [5.41, 5.74) is 1.72. The Hall–Kier alpha value is -2.94. The SMILES string of the molecule is CC(C)Sc1nc2c(c(=O)[nH]1)[C@H](c1cccc([N+](=O)[O-])c1)C1=C(CCCC1=O)N2. The fraction of sp³-hybridized carbons (Fsp3) is 0.350. The number of aromatic amines is 1. The molecule has 0 unspecified atom stereocenters. The van der Waals surface area contributed by atoms with Gasteiger partial charge in [0.15, 0.2) is 10.9 Å². The van der Waals surface area contributed by atoms with Gasteiger partial charge in [0.2, 0.25) is 0 Å². The van der Waals surface area contributed by atoms with E-state index < -0.39 is 10.8 Å². The van der Waals surface area contributed by atoms with Crippen molar-refractivity contribution < 1.29 is 9.72 Å². The van der Waals surface area contributed by atoms with E-state index in [0.717, 1.165) is 12.1 Å². The number of fused-ring (bicyclic) bond motifs is 1. The predicted octanol–water partition coefficient (Wildman–Crippen LogP) is 3.74. The molecule has 4 rings (SSSR count). The molecule has 1 aliphatic heterocycles. The number of non-ortho nitro benzene ring substituents is 1. The van der Waals surface area contributed by atoms with E-state index in [-0.39, 0.29) is 22.3 Å². The molecule has 2 aliphatic rings. The lowest BCUT2D eigenvalue weighted by molar-refractivity contribution is -0.384. The molecule has 0 spiro atoms. The van der Waals surface area contributed by atoms with Gasteiger partial charge in [-0.15, -0.1) is 0 Å². The van der Waals surface area contributed by atoms with E-state index in [4.69, 9.17) is 0 Å². The molecular formula is C20H20N4O4S. The molecule has 150 valence electrons. The summed E-state index contributed by atoms with van der Waals surface area (Å²) in [6.45, 7) is 4.01. The fourth-order valence-electron chi connectivity index (χ4n) is 3.87. The van der Waals surface area contributed by atoms with Gasteiger partial charge in [0.25, 0.3) is 11.2 Å². The number of thioether (sulfide) groups is 1. The molecule has 1 atom stereocenters. The Morgan fingerprint density at radius 3 is 2.79 bits per heavy atom. The Morgan fingerprint density at radius 1 is 1.28 bits per heavy atom. The minimum Gasteiger partial charge on any atom is -0.343 e. The first kappa shape index (κ1) is 19.4. The lowest BCUT2D eigenvalue weighted by Gasteiger charge is -2.32. The third kappa shape index (κ3) is 3.57. The van der Waals surface area contributed by atoms with Crippen LogP contribution in [0.5, 0.6) is 0 Å². The molecule has 1 aromatic carbocycles. The molecular weight excluding hydrogens is 392 g/mol. The highest BCUT2D eigenvalue weighted by molar-refractivity contribution is 7.99. The minimum absolute atomic E-state index is 0.0408. The van der Waals surface area contributed by atoms with E-state index in [1.807, 2.05) is 13.8 Å². The van der Waals surface area contributed by atoms with Gasteiger partial charge >= 0.3 is 0 Å². The van der Waals surface area contributed by atoms with Crippen LogP contribution in [0.4, 0.5) is 11.5 Å². The molecule has 0 amide bonds. The Balaban J connectivity index is 1.94. The van der Waals surface area contributed by atoms with E-state index in [0.29, 0.717) is 40.5 Å². The van der Waals surface area contributed by atoms with Crippen molar-refractivity contribution in [3.05, 3.63) is 67.1 Å². The number of H-pyrrole nitrogens is 1. The van der Waals surface area contributed by atoms with Gasteiger partial charge in [0, 0.05) is 41.0 Å². The average Bonchev–Trinajstić information content (AvgIpc) is 2.66. The Bertz CT molecular complexity index is 1110. The summed E-state index contributed by atoms with van der Waals surface area (Å²) in [7, 11) is 0. The average molecular weight is 412 g/mol. The number of benzene rings is 1. The lowest BCUT2D eigenvalue weighted by Crippen LogP contribution is -2.32. The van der Waals surface area contributed by atoms with Crippen LogP contribution in [0.2, 0.25) is 0 Å². The predicted molar refractivity (Wildman–Crippen MR) is 110 cm³/mol. The molecule has 9 heteroatoms. The number of Topliss-reactive ketones (excluding diaryl/α,β-unsaturated/α-hetero) is 1. The summed E-state index contributed by atoms with van der Waals surface area (Å²) in [5, 5.41) is 15.2. The second-order valence-electron chi connectivity index (χ2n) is 7.38. The highest BCUT2D eigenvalue weighted by Crippen LogP contribution is 2.44. The molecule has 0 fully saturated rings. The van der Waals surface area contributed by atoms with Crippen molar-refractivity contribution in [2.75, 3.05) is 5.32 Å². The van der Waals surface area contributed by atoms with Gasteiger partial charge in [-0.25, -0.2) is 4.98 Å². The number of aromatic nitrogens is 2.